The zero-order valence-electron chi connectivity index (χ0n) is 9.80. The molecule has 0 atom stereocenters. The minimum absolute atomic E-state index is 0.0113. The first kappa shape index (κ1) is 14.4. The molecule has 0 aliphatic heterocycles. The Bertz CT molecular complexity index is 517. The summed E-state index contributed by atoms with van der Waals surface area (Å²) < 4.78 is 26.0. The Labute approximate surface area is 105 Å². The van der Waals surface area contributed by atoms with Gasteiger partial charge in [-0.3, -0.25) is 10.6 Å². The summed E-state index contributed by atoms with van der Waals surface area (Å²) >= 11 is 0. The molecule has 1 aromatic rings. The zero-order valence-corrected chi connectivity index (χ0v) is 10.6. The molecule has 0 saturated carbocycles. The number of aromatic nitrogens is 1. The largest absolute Gasteiger partial charge is 0.359 e. The van der Waals surface area contributed by atoms with Crippen molar-refractivity contribution in [3.8, 4) is 0 Å². The predicted octanol–water partition coefficient (Wildman–Crippen LogP) is -1.22. The van der Waals surface area contributed by atoms with Gasteiger partial charge in [0, 0.05) is 26.2 Å². The van der Waals surface area contributed by atoms with Crippen LogP contribution in [0.25, 0.3) is 0 Å². The van der Waals surface area contributed by atoms with Crippen molar-refractivity contribution in [2.75, 3.05) is 19.0 Å². The predicted molar refractivity (Wildman–Crippen MR) is 65.9 cm³/mol. The molecule has 8 nitrogen and oxygen atoms in total. The highest BCUT2D eigenvalue weighted by Gasteiger charge is 2.19. The minimum Gasteiger partial charge on any atom is -0.359 e. The molecule has 18 heavy (non-hydrogen) atoms. The summed E-state index contributed by atoms with van der Waals surface area (Å²) in [6.07, 6.45) is 1.39. The Morgan fingerprint density at radius 1 is 1.50 bits per heavy atom. The summed E-state index contributed by atoms with van der Waals surface area (Å²) in [6, 6.07) is 3.04. The lowest BCUT2D eigenvalue weighted by molar-refractivity contribution is -0.120. The molecule has 1 rings (SSSR count). The fourth-order valence-electron chi connectivity index (χ4n) is 1.21. The topological polar surface area (TPSA) is 126 Å². The van der Waals surface area contributed by atoms with E-state index in [0.29, 0.717) is 0 Å². The molecular weight excluding hydrogens is 258 g/mol. The van der Waals surface area contributed by atoms with E-state index in [0.717, 1.165) is 0 Å². The molecule has 0 aliphatic rings. The number of carbonyl (C=O) groups is 1. The summed E-state index contributed by atoms with van der Waals surface area (Å²) in [6.45, 7) is -0.0113. The van der Waals surface area contributed by atoms with Crippen LogP contribution in [0.5, 0.6) is 0 Å². The number of anilines is 1. The van der Waals surface area contributed by atoms with E-state index >= 15 is 0 Å². The number of amides is 1. The molecule has 1 aromatic heterocycles. The highest BCUT2D eigenvalue weighted by atomic mass is 32.2. The zero-order chi connectivity index (χ0) is 13.6. The Morgan fingerprint density at radius 2 is 2.22 bits per heavy atom. The van der Waals surface area contributed by atoms with Gasteiger partial charge in [-0.2, -0.15) is 0 Å². The van der Waals surface area contributed by atoms with Crippen molar-refractivity contribution in [1.82, 2.24) is 15.0 Å². The van der Waals surface area contributed by atoms with Crippen LogP contribution < -0.4 is 21.3 Å². The van der Waals surface area contributed by atoms with E-state index in [4.69, 9.17) is 5.84 Å². The average molecular weight is 273 g/mol. The molecule has 100 valence electrons. The SMILES string of the molecule is CNC(=O)CCNS(=O)(=O)c1ncccc1NN. The summed E-state index contributed by atoms with van der Waals surface area (Å²) in [4.78, 5) is 14.7. The van der Waals surface area contributed by atoms with Crippen LogP contribution in [0.15, 0.2) is 23.4 Å². The van der Waals surface area contributed by atoms with Crippen LogP contribution in [-0.4, -0.2) is 32.9 Å². The number of hydrogen-bond acceptors (Lipinski definition) is 6. The highest BCUT2D eigenvalue weighted by Crippen LogP contribution is 2.15. The second-order valence-electron chi connectivity index (χ2n) is 3.32. The third-order valence-corrected chi connectivity index (χ3v) is 3.52. The van der Waals surface area contributed by atoms with E-state index in [-0.39, 0.29) is 29.6 Å². The molecule has 0 aliphatic carbocycles. The number of nitrogens with zero attached hydrogens (tertiary/aromatic N) is 1. The van der Waals surface area contributed by atoms with Gasteiger partial charge in [0.25, 0.3) is 10.0 Å². The van der Waals surface area contributed by atoms with Crippen LogP contribution in [0.1, 0.15) is 6.42 Å². The lowest BCUT2D eigenvalue weighted by atomic mass is 10.4. The van der Waals surface area contributed by atoms with Gasteiger partial charge in [-0.1, -0.05) is 0 Å². The summed E-state index contributed by atoms with van der Waals surface area (Å²) in [5.74, 6) is 4.95. The number of nitrogens with two attached hydrogens (primary N) is 1. The Kier molecular flexibility index (Phi) is 5.01. The lowest BCUT2D eigenvalue weighted by Crippen LogP contribution is -2.30. The van der Waals surface area contributed by atoms with Crippen molar-refractivity contribution in [2.24, 2.45) is 5.84 Å². The molecular formula is C9H15N5O3S. The Morgan fingerprint density at radius 3 is 2.83 bits per heavy atom. The van der Waals surface area contributed by atoms with Gasteiger partial charge in [-0.25, -0.2) is 18.1 Å². The van der Waals surface area contributed by atoms with Crippen molar-refractivity contribution >= 4 is 21.6 Å². The average Bonchev–Trinajstić information content (AvgIpc) is 2.38. The van der Waals surface area contributed by atoms with Gasteiger partial charge in [0.15, 0.2) is 5.03 Å². The van der Waals surface area contributed by atoms with Crippen LogP contribution in [0.3, 0.4) is 0 Å². The van der Waals surface area contributed by atoms with Crippen LogP contribution in [0.2, 0.25) is 0 Å². The Hall–Kier alpha value is -1.71. The lowest BCUT2D eigenvalue weighted by Gasteiger charge is -2.09. The van der Waals surface area contributed by atoms with Crippen LogP contribution in [0.4, 0.5) is 5.69 Å². The fourth-order valence-corrected chi connectivity index (χ4v) is 2.33. The van der Waals surface area contributed by atoms with E-state index in [1.165, 1.54) is 19.3 Å². The van der Waals surface area contributed by atoms with Gasteiger partial charge in [-0.05, 0) is 12.1 Å². The van der Waals surface area contributed by atoms with Crippen molar-refractivity contribution < 1.29 is 13.2 Å². The number of nitrogen functional groups attached to an aromatic ring is 1. The van der Waals surface area contributed by atoms with Crippen molar-refractivity contribution in [2.45, 2.75) is 11.4 Å². The van der Waals surface area contributed by atoms with E-state index < -0.39 is 10.0 Å². The van der Waals surface area contributed by atoms with Gasteiger partial charge in [0.2, 0.25) is 5.91 Å². The summed E-state index contributed by atoms with van der Waals surface area (Å²) in [7, 11) is -2.31. The first-order valence-corrected chi connectivity index (χ1v) is 6.61. The second kappa shape index (κ2) is 6.28. The Balaban J connectivity index is 2.77. The van der Waals surface area contributed by atoms with E-state index in [1.807, 2.05) is 0 Å². The fraction of sp³-hybridized carbons (Fsp3) is 0.333. The maximum absolute atomic E-state index is 11.9. The van der Waals surface area contributed by atoms with Crippen molar-refractivity contribution in [3.05, 3.63) is 18.3 Å². The summed E-state index contributed by atoms with van der Waals surface area (Å²) in [5.41, 5.74) is 2.44. The smallest absolute Gasteiger partial charge is 0.260 e. The number of hydrogen-bond donors (Lipinski definition) is 4. The molecule has 1 amide bonds. The molecule has 9 heteroatoms. The maximum Gasteiger partial charge on any atom is 0.260 e. The molecule has 0 fully saturated rings. The maximum atomic E-state index is 11.9. The number of sulfonamides is 1. The van der Waals surface area contributed by atoms with Gasteiger partial charge in [-0.15, -0.1) is 0 Å². The first-order valence-electron chi connectivity index (χ1n) is 5.13. The number of rotatable bonds is 6. The van der Waals surface area contributed by atoms with Gasteiger partial charge >= 0.3 is 0 Å². The minimum atomic E-state index is -3.79. The van der Waals surface area contributed by atoms with Crippen LogP contribution >= 0.6 is 0 Å². The molecule has 5 N–H and O–H groups in total. The van der Waals surface area contributed by atoms with E-state index in [1.54, 1.807) is 6.07 Å². The van der Waals surface area contributed by atoms with Crippen molar-refractivity contribution in [3.63, 3.8) is 0 Å². The van der Waals surface area contributed by atoms with E-state index in [2.05, 4.69) is 20.4 Å². The van der Waals surface area contributed by atoms with Crippen LogP contribution in [-0.2, 0) is 14.8 Å². The third kappa shape index (κ3) is 3.65. The number of nitrogens with one attached hydrogen (secondary N) is 3. The number of hydrazine groups is 1. The monoisotopic (exact) mass is 273 g/mol. The number of carbonyl (C=O) groups excluding carboxylic acids is 1. The van der Waals surface area contributed by atoms with E-state index in [9.17, 15) is 13.2 Å². The second-order valence-corrected chi connectivity index (χ2v) is 5.00. The molecule has 0 bridgehead atoms. The number of pyridine rings is 1. The first-order chi connectivity index (χ1) is 8.51. The van der Waals surface area contributed by atoms with Crippen molar-refractivity contribution in [1.29, 1.82) is 0 Å². The quantitative estimate of drug-likeness (QED) is 0.380. The molecule has 0 spiro atoms. The standard InChI is InChI=1S/C9H15N5O3S/c1-11-8(15)4-6-13-18(16,17)9-7(14-10)3-2-5-12-9/h2-3,5,13-14H,4,6,10H2,1H3,(H,11,15). The normalized spacial score (nSPS) is 11.0. The third-order valence-electron chi connectivity index (χ3n) is 2.10. The molecule has 0 aromatic carbocycles. The highest BCUT2D eigenvalue weighted by molar-refractivity contribution is 7.89. The molecule has 1 heterocycles. The van der Waals surface area contributed by atoms with Gasteiger partial charge in [0.1, 0.15) is 0 Å². The van der Waals surface area contributed by atoms with Gasteiger partial charge < -0.3 is 10.7 Å². The molecule has 0 unspecified atom stereocenters. The molecule has 0 saturated heterocycles. The molecule has 0 radical (unpaired) electrons. The van der Waals surface area contributed by atoms with Crippen LogP contribution in [0, 0.1) is 0 Å². The van der Waals surface area contributed by atoms with Gasteiger partial charge in [0.05, 0.1) is 5.69 Å². The summed E-state index contributed by atoms with van der Waals surface area (Å²) in [5, 5.41) is 2.19.